The second-order valence-corrected chi connectivity index (χ2v) is 5.53. The van der Waals surface area contributed by atoms with Gasteiger partial charge in [-0.1, -0.05) is 24.3 Å². The maximum absolute atomic E-state index is 5.82. The van der Waals surface area contributed by atoms with E-state index in [-0.39, 0.29) is 6.04 Å². The van der Waals surface area contributed by atoms with E-state index >= 15 is 0 Å². The number of aromatic nitrogens is 3. The van der Waals surface area contributed by atoms with Crippen molar-refractivity contribution >= 4 is 22.7 Å². The van der Waals surface area contributed by atoms with Crippen LogP contribution in [0.1, 0.15) is 18.5 Å². The molecule has 2 N–H and O–H groups in total. The largest absolute Gasteiger partial charge is 0.324 e. The fourth-order valence-electron chi connectivity index (χ4n) is 1.88. The van der Waals surface area contributed by atoms with Gasteiger partial charge in [0.05, 0.1) is 5.52 Å². The molecule has 0 saturated heterocycles. The Morgan fingerprint density at radius 2 is 1.90 bits per heavy atom. The van der Waals surface area contributed by atoms with Gasteiger partial charge in [0.25, 0.3) is 0 Å². The molecule has 0 fully saturated rings. The summed E-state index contributed by atoms with van der Waals surface area (Å²) < 4.78 is 0. The van der Waals surface area contributed by atoms with E-state index in [1.165, 1.54) is 11.8 Å². The van der Waals surface area contributed by atoms with Crippen LogP contribution in [0.25, 0.3) is 10.9 Å². The van der Waals surface area contributed by atoms with Crippen molar-refractivity contribution in [3.63, 3.8) is 0 Å². The Kier molecular flexibility index (Phi) is 3.62. The first-order valence-electron chi connectivity index (χ1n) is 6.33. The summed E-state index contributed by atoms with van der Waals surface area (Å²) in [7, 11) is 0. The first kappa shape index (κ1) is 13.0. The first-order chi connectivity index (χ1) is 9.74. The van der Waals surface area contributed by atoms with E-state index in [1.54, 1.807) is 6.33 Å². The van der Waals surface area contributed by atoms with Crippen LogP contribution in [0.2, 0.25) is 0 Å². The Bertz CT molecular complexity index is 720. The van der Waals surface area contributed by atoms with Crippen LogP contribution in [0.4, 0.5) is 0 Å². The van der Waals surface area contributed by atoms with Crippen molar-refractivity contribution in [1.82, 2.24) is 15.0 Å². The van der Waals surface area contributed by atoms with Crippen LogP contribution in [0.3, 0.4) is 0 Å². The van der Waals surface area contributed by atoms with Crippen molar-refractivity contribution in [3.8, 4) is 0 Å². The van der Waals surface area contributed by atoms with Crippen molar-refractivity contribution in [2.45, 2.75) is 23.0 Å². The quantitative estimate of drug-likeness (QED) is 0.747. The molecule has 0 spiro atoms. The van der Waals surface area contributed by atoms with E-state index in [9.17, 15) is 0 Å². The Hall–Kier alpha value is -1.98. The number of pyridine rings is 1. The zero-order valence-corrected chi connectivity index (χ0v) is 11.8. The van der Waals surface area contributed by atoms with Crippen LogP contribution in [0, 0.1) is 0 Å². The van der Waals surface area contributed by atoms with Crippen LogP contribution >= 0.6 is 11.8 Å². The fourth-order valence-corrected chi connectivity index (χ4v) is 2.70. The molecule has 0 amide bonds. The van der Waals surface area contributed by atoms with Gasteiger partial charge in [0.1, 0.15) is 16.4 Å². The zero-order chi connectivity index (χ0) is 13.9. The highest BCUT2D eigenvalue weighted by atomic mass is 32.2. The highest BCUT2D eigenvalue weighted by Crippen LogP contribution is 2.29. The number of nitrogens with two attached hydrogens (primary N) is 1. The number of fused-ring (bicyclic) bond motifs is 1. The third-order valence-corrected chi connectivity index (χ3v) is 3.96. The van der Waals surface area contributed by atoms with Crippen molar-refractivity contribution in [3.05, 3.63) is 54.5 Å². The lowest BCUT2D eigenvalue weighted by molar-refractivity contribution is 0.806. The highest BCUT2D eigenvalue weighted by molar-refractivity contribution is 7.99. The van der Waals surface area contributed by atoms with Gasteiger partial charge in [-0.3, -0.25) is 0 Å². The second kappa shape index (κ2) is 5.56. The van der Waals surface area contributed by atoms with Crippen molar-refractivity contribution < 1.29 is 0 Å². The van der Waals surface area contributed by atoms with Crippen molar-refractivity contribution in [2.75, 3.05) is 0 Å². The van der Waals surface area contributed by atoms with E-state index in [1.807, 2.05) is 49.5 Å². The second-order valence-electron chi connectivity index (χ2n) is 4.52. The van der Waals surface area contributed by atoms with Gasteiger partial charge in [0.15, 0.2) is 0 Å². The van der Waals surface area contributed by atoms with Crippen LogP contribution in [-0.2, 0) is 0 Å². The normalized spacial score (nSPS) is 12.5. The third kappa shape index (κ3) is 2.64. The molecule has 3 aromatic rings. The van der Waals surface area contributed by atoms with E-state index in [2.05, 4.69) is 15.0 Å². The van der Waals surface area contributed by atoms with Gasteiger partial charge in [-0.15, -0.1) is 0 Å². The minimum atomic E-state index is 0.00132. The van der Waals surface area contributed by atoms with E-state index in [0.717, 1.165) is 26.5 Å². The van der Waals surface area contributed by atoms with Gasteiger partial charge < -0.3 is 5.73 Å². The molecule has 2 aromatic heterocycles. The molecular formula is C15H14N4S. The molecule has 0 aliphatic heterocycles. The summed E-state index contributed by atoms with van der Waals surface area (Å²) in [5, 5.41) is 2.85. The van der Waals surface area contributed by atoms with Gasteiger partial charge in [-0.25, -0.2) is 15.0 Å². The molecule has 0 aliphatic rings. The summed E-state index contributed by atoms with van der Waals surface area (Å²) in [6.07, 6.45) is 3.40. The van der Waals surface area contributed by atoms with E-state index in [0.29, 0.717) is 0 Å². The maximum atomic E-state index is 5.82. The molecule has 20 heavy (non-hydrogen) atoms. The number of rotatable bonds is 3. The Labute approximate surface area is 121 Å². The standard InChI is InChI=1S/C15H14N4S/c1-10(16)11-6-7-14(17-8-11)20-15-12-4-2-3-5-13(12)18-9-19-15/h2-10H,16H2,1H3. The minimum Gasteiger partial charge on any atom is -0.324 e. The smallest absolute Gasteiger partial charge is 0.117 e. The fraction of sp³-hybridized carbons (Fsp3) is 0.133. The van der Waals surface area contributed by atoms with Crippen LogP contribution in [0.15, 0.2) is 59.0 Å². The van der Waals surface area contributed by atoms with Crippen LogP contribution < -0.4 is 5.73 Å². The minimum absolute atomic E-state index is 0.00132. The number of benzene rings is 1. The lowest BCUT2D eigenvalue weighted by Crippen LogP contribution is -2.04. The molecule has 0 radical (unpaired) electrons. The number of hydrogen-bond donors (Lipinski definition) is 1. The predicted octanol–water partition coefficient (Wildman–Crippen LogP) is 3.20. The molecule has 1 atom stereocenters. The molecule has 100 valence electrons. The molecule has 4 nitrogen and oxygen atoms in total. The van der Waals surface area contributed by atoms with Gasteiger partial charge in [-0.05, 0) is 36.4 Å². The van der Waals surface area contributed by atoms with Crippen molar-refractivity contribution in [2.24, 2.45) is 5.73 Å². The Morgan fingerprint density at radius 3 is 2.65 bits per heavy atom. The van der Waals surface area contributed by atoms with Crippen LogP contribution in [-0.4, -0.2) is 15.0 Å². The molecule has 0 saturated carbocycles. The number of nitrogens with zero attached hydrogens (tertiary/aromatic N) is 3. The monoisotopic (exact) mass is 282 g/mol. The predicted molar refractivity (Wildman–Crippen MR) is 80.5 cm³/mol. The van der Waals surface area contributed by atoms with E-state index < -0.39 is 0 Å². The molecule has 0 bridgehead atoms. The average Bonchev–Trinajstić information content (AvgIpc) is 2.48. The molecular weight excluding hydrogens is 268 g/mol. The number of para-hydroxylation sites is 1. The Balaban J connectivity index is 1.93. The van der Waals surface area contributed by atoms with E-state index in [4.69, 9.17) is 5.73 Å². The SMILES string of the molecule is CC(N)c1ccc(Sc2ncnc3ccccc23)nc1. The lowest BCUT2D eigenvalue weighted by atomic mass is 10.2. The summed E-state index contributed by atoms with van der Waals surface area (Å²) >= 11 is 1.53. The summed E-state index contributed by atoms with van der Waals surface area (Å²) in [4.78, 5) is 13.0. The molecule has 3 rings (SSSR count). The lowest BCUT2D eigenvalue weighted by Gasteiger charge is -2.06. The Morgan fingerprint density at radius 1 is 1.05 bits per heavy atom. The van der Waals surface area contributed by atoms with Gasteiger partial charge in [0.2, 0.25) is 0 Å². The first-order valence-corrected chi connectivity index (χ1v) is 7.15. The van der Waals surface area contributed by atoms with Gasteiger partial charge in [0, 0.05) is 17.6 Å². The summed E-state index contributed by atoms with van der Waals surface area (Å²) in [6.45, 7) is 1.95. The van der Waals surface area contributed by atoms with Crippen molar-refractivity contribution in [1.29, 1.82) is 0 Å². The summed E-state index contributed by atoms with van der Waals surface area (Å²) in [5.41, 5.74) is 7.79. The molecule has 5 heteroatoms. The average molecular weight is 282 g/mol. The highest BCUT2D eigenvalue weighted by Gasteiger charge is 2.07. The number of hydrogen-bond acceptors (Lipinski definition) is 5. The molecule has 1 aromatic carbocycles. The molecule has 1 unspecified atom stereocenters. The van der Waals surface area contributed by atoms with Crippen LogP contribution in [0.5, 0.6) is 0 Å². The summed E-state index contributed by atoms with van der Waals surface area (Å²) in [5.74, 6) is 0. The van der Waals surface area contributed by atoms with Gasteiger partial charge in [-0.2, -0.15) is 0 Å². The molecule has 0 aliphatic carbocycles. The topological polar surface area (TPSA) is 64.7 Å². The molecule has 2 heterocycles. The maximum Gasteiger partial charge on any atom is 0.117 e. The van der Waals surface area contributed by atoms with Gasteiger partial charge >= 0.3 is 0 Å². The third-order valence-electron chi connectivity index (χ3n) is 2.99. The zero-order valence-electron chi connectivity index (χ0n) is 11.0. The summed E-state index contributed by atoms with van der Waals surface area (Å²) in [6, 6.07) is 11.9.